The number of rotatable bonds is 4. The van der Waals surface area contributed by atoms with Gasteiger partial charge < -0.3 is 11.1 Å². The van der Waals surface area contributed by atoms with Crippen LogP contribution < -0.4 is 11.1 Å². The van der Waals surface area contributed by atoms with Crippen molar-refractivity contribution in [2.24, 2.45) is 5.73 Å². The van der Waals surface area contributed by atoms with E-state index in [1.807, 2.05) is 31.2 Å². The molecule has 0 aliphatic heterocycles. The first-order valence-corrected chi connectivity index (χ1v) is 5.93. The third-order valence-electron chi connectivity index (χ3n) is 2.01. The van der Waals surface area contributed by atoms with Crippen molar-refractivity contribution in [3.63, 3.8) is 0 Å². The van der Waals surface area contributed by atoms with E-state index in [0.29, 0.717) is 13.0 Å². The van der Waals surface area contributed by atoms with E-state index in [9.17, 15) is 4.79 Å². The van der Waals surface area contributed by atoms with Crippen molar-refractivity contribution < 1.29 is 4.79 Å². The Labute approximate surface area is 104 Å². The second-order valence-electron chi connectivity index (χ2n) is 3.51. The van der Waals surface area contributed by atoms with Crippen LogP contribution in [0, 0.1) is 3.57 Å². The molecule has 1 rings (SSSR count). The predicted octanol–water partition coefficient (Wildman–Crippen LogP) is 1.30. The van der Waals surface area contributed by atoms with Gasteiger partial charge in [0.1, 0.15) is 0 Å². The fourth-order valence-electron chi connectivity index (χ4n) is 1.22. The summed E-state index contributed by atoms with van der Waals surface area (Å²) in [5, 5.41) is 2.83. The van der Waals surface area contributed by atoms with Gasteiger partial charge in [-0.1, -0.05) is 12.1 Å². The highest BCUT2D eigenvalue weighted by Crippen LogP contribution is 2.08. The molecule has 1 aromatic rings. The number of carbonyl (C=O) groups is 1. The Kier molecular flexibility index (Phi) is 5.04. The van der Waals surface area contributed by atoms with Crippen LogP contribution in [-0.4, -0.2) is 18.5 Å². The molecule has 15 heavy (non-hydrogen) atoms. The SMILES string of the molecule is C[C@H](CN)NC(=O)Cc1cccc(I)c1. The number of carbonyl (C=O) groups excluding carboxylic acids is 1. The molecule has 0 fully saturated rings. The highest BCUT2D eigenvalue weighted by Gasteiger charge is 2.06. The average Bonchev–Trinajstić information content (AvgIpc) is 2.17. The van der Waals surface area contributed by atoms with Crippen molar-refractivity contribution in [1.29, 1.82) is 0 Å². The third-order valence-corrected chi connectivity index (χ3v) is 2.69. The first-order valence-electron chi connectivity index (χ1n) is 4.85. The Bertz CT molecular complexity index is 341. The van der Waals surface area contributed by atoms with Crippen molar-refractivity contribution in [3.05, 3.63) is 33.4 Å². The molecular weight excluding hydrogens is 303 g/mol. The molecular formula is C11H15IN2O. The molecule has 0 unspecified atom stereocenters. The van der Waals surface area contributed by atoms with Gasteiger partial charge in [0, 0.05) is 16.2 Å². The van der Waals surface area contributed by atoms with Gasteiger partial charge in [0.15, 0.2) is 0 Å². The van der Waals surface area contributed by atoms with Crippen molar-refractivity contribution in [2.45, 2.75) is 19.4 Å². The molecule has 4 heteroatoms. The summed E-state index contributed by atoms with van der Waals surface area (Å²) in [6.07, 6.45) is 0.418. The van der Waals surface area contributed by atoms with Crippen molar-refractivity contribution in [3.8, 4) is 0 Å². The summed E-state index contributed by atoms with van der Waals surface area (Å²) >= 11 is 2.23. The number of halogens is 1. The lowest BCUT2D eigenvalue weighted by Crippen LogP contribution is -2.38. The number of amides is 1. The van der Waals surface area contributed by atoms with Crippen LogP contribution >= 0.6 is 22.6 Å². The zero-order valence-corrected chi connectivity index (χ0v) is 10.8. The van der Waals surface area contributed by atoms with Crippen LogP contribution in [0.2, 0.25) is 0 Å². The number of hydrogen-bond donors (Lipinski definition) is 2. The van der Waals surface area contributed by atoms with Gasteiger partial charge >= 0.3 is 0 Å². The van der Waals surface area contributed by atoms with E-state index < -0.39 is 0 Å². The Morgan fingerprint density at radius 2 is 2.33 bits per heavy atom. The quantitative estimate of drug-likeness (QED) is 0.822. The van der Waals surface area contributed by atoms with E-state index in [1.54, 1.807) is 0 Å². The first kappa shape index (κ1) is 12.4. The van der Waals surface area contributed by atoms with Gasteiger partial charge in [-0.2, -0.15) is 0 Å². The topological polar surface area (TPSA) is 55.1 Å². The summed E-state index contributed by atoms with van der Waals surface area (Å²) in [6, 6.07) is 7.96. The van der Waals surface area contributed by atoms with Gasteiger partial charge in [-0.3, -0.25) is 4.79 Å². The van der Waals surface area contributed by atoms with Crippen LogP contribution in [0.4, 0.5) is 0 Å². The minimum Gasteiger partial charge on any atom is -0.352 e. The van der Waals surface area contributed by atoms with E-state index in [-0.39, 0.29) is 11.9 Å². The van der Waals surface area contributed by atoms with E-state index in [1.165, 1.54) is 0 Å². The molecule has 3 nitrogen and oxygen atoms in total. The molecule has 1 atom stereocenters. The van der Waals surface area contributed by atoms with Crippen molar-refractivity contribution >= 4 is 28.5 Å². The standard InChI is InChI=1S/C11H15IN2O/c1-8(7-13)14-11(15)6-9-3-2-4-10(12)5-9/h2-5,8H,6-7,13H2,1H3,(H,14,15)/t8-/m1/s1. The van der Waals surface area contributed by atoms with Crippen LogP contribution in [0.15, 0.2) is 24.3 Å². The van der Waals surface area contributed by atoms with Crippen molar-refractivity contribution in [2.75, 3.05) is 6.54 Å². The van der Waals surface area contributed by atoms with Crippen LogP contribution in [0.5, 0.6) is 0 Å². The molecule has 0 aliphatic rings. The van der Waals surface area contributed by atoms with Crippen LogP contribution in [0.1, 0.15) is 12.5 Å². The van der Waals surface area contributed by atoms with Gasteiger partial charge in [-0.05, 0) is 47.2 Å². The predicted molar refractivity (Wildman–Crippen MR) is 69.5 cm³/mol. The van der Waals surface area contributed by atoms with E-state index in [2.05, 4.69) is 27.9 Å². The summed E-state index contributed by atoms with van der Waals surface area (Å²) in [5.74, 6) is 0.0231. The lowest BCUT2D eigenvalue weighted by atomic mass is 10.1. The Morgan fingerprint density at radius 1 is 1.60 bits per heavy atom. The molecule has 0 aliphatic carbocycles. The molecule has 82 valence electrons. The average molecular weight is 318 g/mol. The molecule has 0 saturated carbocycles. The molecule has 3 N–H and O–H groups in total. The van der Waals surface area contributed by atoms with Gasteiger partial charge in [-0.25, -0.2) is 0 Å². The number of hydrogen-bond acceptors (Lipinski definition) is 2. The summed E-state index contributed by atoms with van der Waals surface area (Å²) in [4.78, 5) is 11.5. The van der Waals surface area contributed by atoms with E-state index >= 15 is 0 Å². The molecule has 1 aromatic carbocycles. The zero-order valence-electron chi connectivity index (χ0n) is 8.66. The summed E-state index contributed by atoms with van der Waals surface area (Å²) < 4.78 is 1.14. The zero-order chi connectivity index (χ0) is 11.3. The minimum atomic E-state index is 0.0231. The molecule has 0 radical (unpaired) electrons. The van der Waals surface area contributed by atoms with Gasteiger partial charge in [-0.15, -0.1) is 0 Å². The first-order chi connectivity index (χ1) is 7.11. The molecule has 1 amide bonds. The summed E-state index contributed by atoms with van der Waals surface area (Å²) in [5.41, 5.74) is 6.45. The lowest BCUT2D eigenvalue weighted by Gasteiger charge is -2.11. The molecule has 0 saturated heterocycles. The maximum Gasteiger partial charge on any atom is 0.224 e. The largest absolute Gasteiger partial charge is 0.352 e. The van der Waals surface area contributed by atoms with E-state index in [0.717, 1.165) is 9.13 Å². The highest BCUT2D eigenvalue weighted by atomic mass is 127. The highest BCUT2D eigenvalue weighted by molar-refractivity contribution is 14.1. The minimum absolute atomic E-state index is 0.0231. The maximum atomic E-state index is 11.5. The maximum absolute atomic E-state index is 11.5. The number of benzene rings is 1. The van der Waals surface area contributed by atoms with Crippen LogP contribution in [-0.2, 0) is 11.2 Å². The van der Waals surface area contributed by atoms with Crippen LogP contribution in [0.25, 0.3) is 0 Å². The van der Waals surface area contributed by atoms with Gasteiger partial charge in [0.05, 0.1) is 6.42 Å². The number of nitrogens with two attached hydrogens (primary N) is 1. The normalized spacial score (nSPS) is 12.2. The van der Waals surface area contributed by atoms with Crippen LogP contribution in [0.3, 0.4) is 0 Å². The number of nitrogens with one attached hydrogen (secondary N) is 1. The smallest absolute Gasteiger partial charge is 0.224 e. The molecule has 0 aromatic heterocycles. The van der Waals surface area contributed by atoms with Gasteiger partial charge in [0.25, 0.3) is 0 Å². The Hall–Kier alpha value is -0.620. The molecule has 0 spiro atoms. The monoisotopic (exact) mass is 318 g/mol. The fourth-order valence-corrected chi connectivity index (χ4v) is 1.82. The summed E-state index contributed by atoms with van der Waals surface area (Å²) in [6.45, 7) is 2.37. The Morgan fingerprint density at radius 3 is 2.93 bits per heavy atom. The van der Waals surface area contributed by atoms with E-state index in [4.69, 9.17) is 5.73 Å². The third kappa shape index (κ3) is 4.61. The molecule has 0 heterocycles. The Balaban J connectivity index is 2.51. The fraction of sp³-hybridized carbons (Fsp3) is 0.364. The van der Waals surface area contributed by atoms with Crippen molar-refractivity contribution in [1.82, 2.24) is 5.32 Å². The lowest BCUT2D eigenvalue weighted by molar-refractivity contribution is -0.120. The second-order valence-corrected chi connectivity index (χ2v) is 4.76. The summed E-state index contributed by atoms with van der Waals surface area (Å²) in [7, 11) is 0. The van der Waals surface area contributed by atoms with Gasteiger partial charge in [0.2, 0.25) is 5.91 Å². The second kappa shape index (κ2) is 6.07. The molecule has 0 bridgehead atoms.